The first-order chi connectivity index (χ1) is 9.97. The van der Waals surface area contributed by atoms with Gasteiger partial charge in [-0.25, -0.2) is 0 Å². The van der Waals surface area contributed by atoms with Crippen molar-refractivity contribution in [1.29, 1.82) is 0 Å². The summed E-state index contributed by atoms with van der Waals surface area (Å²) >= 11 is 3.64. The van der Waals surface area contributed by atoms with E-state index in [1.54, 1.807) is 0 Å². The highest BCUT2D eigenvalue weighted by Crippen LogP contribution is 2.30. The van der Waals surface area contributed by atoms with Crippen LogP contribution < -0.4 is 5.32 Å². The zero-order chi connectivity index (χ0) is 15.4. The van der Waals surface area contributed by atoms with E-state index < -0.39 is 0 Å². The van der Waals surface area contributed by atoms with Crippen molar-refractivity contribution < 1.29 is 0 Å². The number of nitrogens with one attached hydrogen (secondary N) is 1. The normalized spacial score (nSPS) is 12.5. The van der Waals surface area contributed by atoms with Gasteiger partial charge in [0.2, 0.25) is 0 Å². The maximum Gasteiger partial charge on any atom is 0.0516 e. The maximum absolute atomic E-state index is 3.71. The lowest BCUT2D eigenvalue weighted by Crippen LogP contribution is -2.13. The van der Waals surface area contributed by atoms with Crippen molar-refractivity contribution in [3.05, 3.63) is 63.6 Å². The van der Waals surface area contributed by atoms with Crippen LogP contribution in [0.1, 0.15) is 43.0 Å². The molecular weight excluding hydrogens is 322 g/mol. The Morgan fingerprint density at radius 2 is 1.57 bits per heavy atom. The molecule has 0 bridgehead atoms. The minimum atomic E-state index is 0.353. The summed E-state index contributed by atoms with van der Waals surface area (Å²) in [6, 6.07) is 15.5. The molecule has 112 valence electrons. The molecule has 0 saturated heterocycles. The SMILES string of the molecule is Cc1cc(NC(CC(C)C)c2ccccc2)cc(C)c1Br. The van der Waals surface area contributed by atoms with Crippen molar-refractivity contribution >= 4 is 21.6 Å². The number of hydrogen-bond acceptors (Lipinski definition) is 1. The van der Waals surface area contributed by atoms with Crippen molar-refractivity contribution in [3.8, 4) is 0 Å². The van der Waals surface area contributed by atoms with Crippen LogP contribution in [0.2, 0.25) is 0 Å². The summed E-state index contributed by atoms with van der Waals surface area (Å²) in [4.78, 5) is 0. The second-order valence-electron chi connectivity index (χ2n) is 6.16. The van der Waals surface area contributed by atoms with E-state index >= 15 is 0 Å². The van der Waals surface area contributed by atoms with Gasteiger partial charge in [-0.2, -0.15) is 0 Å². The van der Waals surface area contributed by atoms with Crippen LogP contribution in [0.4, 0.5) is 5.69 Å². The fourth-order valence-corrected chi connectivity index (χ4v) is 2.89. The second-order valence-corrected chi connectivity index (χ2v) is 6.95. The predicted octanol–water partition coefficient (Wildman–Crippen LogP) is 6.27. The molecule has 0 fully saturated rings. The Kier molecular flexibility index (Phi) is 5.46. The number of hydrogen-bond donors (Lipinski definition) is 1. The van der Waals surface area contributed by atoms with E-state index in [0.717, 1.165) is 6.42 Å². The van der Waals surface area contributed by atoms with Crippen molar-refractivity contribution in [1.82, 2.24) is 0 Å². The summed E-state index contributed by atoms with van der Waals surface area (Å²) in [6.07, 6.45) is 1.12. The molecule has 0 aliphatic carbocycles. The lowest BCUT2D eigenvalue weighted by Gasteiger charge is -2.23. The fourth-order valence-electron chi connectivity index (χ4n) is 2.67. The number of anilines is 1. The maximum atomic E-state index is 3.71. The van der Waals surface area contributed by atoms with Crippen molar-refractivity contribution in [3.63, 3.8) is 0 Å². The largest absolute Gasteiger partial charge is 0.378 e. The van der Waals surface area contributed by atoms with Gasteiger partial charge in [-0.1, -0.05) is 60.1 Å². The minimum absolute atomic E-state index is 0.353. The van der Waals surface area contributed by atoms with Crippen molar-refractivity contribution in [2.45, 2.75) is 40.2 Å². The smallest absolute Gasteiger partial charge is 0.0516 e. The number of benzene rings is 2. The average molecular weight is 346 g/mol. The van der Waals surface area contributed by atoms with Crippen LogP contribution in [0.3, 0.4) is 0 Å². The molecule has 1 unspecified atom stereocenters. The van der Waals surface area contributed by atoms with E-state index in [2.05, 4.69) is 91.4 Å². The molecule has 2 aromatic carbocycles. The van der Waals surface area contributed by atoms with Gasteiger partial charge in [0.05, 0.1) is 6.04 Å². The van der Waals surface area contributed by atoms with Crippen LogP contribution in [0.25, 0.3) is 0 Å². The lowest BCUT2D eigenvalue weighted by molar-refractivity contribution is 0.531. The molecule has 0 amide bonds. The van der Waals surface area contributed by atoms with Gasteiger partial charge in [0.1, 0.15) is 0 Å². The highest BCUT2D eigenvalue weighted by molar-refractivity contribution is 9.10. The van der Waals surface area contributed by atoms with Crippen LogP contribution in [0, 0.1) is 19.8 Å². The molecule has 0 radical (unpaired) electrons. The van der Waals surface area contributed by atoms with Gasteiger partial charge in [-0.05, 0) is 55.0 Å². The molecular formula is C19H24BrN. The van der Waals surface area contributed by atoms with Gasteiger partial charge in [-0.15, -0.1) is 0 Å². The van der Waals surface area contributed by atoms with Crippen LogP contribution in [0.5, 0.6) is 0 Å². The van der Waals surface area contributed by atoms with Gasteiger partial charge in [-0.3, -0.25) is 0 Å². The highest BCUT2D eigenvalue weighted by atomic mass is 79.9. The third-order valence-electron chi connectivity index (χ3n) is 3.69. The fraction of sp³-hybridized carbons (Fsp3) is 0.368. The summed E-state index contributed by atoms with van der Waals surface area (Å²) < 4.78 is 1.20. The second kappa shape index (κ2) is 7.13. The Labute approximate surface area is 136 Å². The van der Waals surface area contributed by atoms with Gasteiger partial charge < -0.3 is 5.32 Å². The van der Waals surface area contributed by atoms with E-state index in [0.29, 0.717) is 12.0 Å². The molecule has 2 rings (SSSR count). The molecule has 21 heavy (non-hydrogen) atoms. The average Bonchev–Trinajstić information content (AvgIpc) is 2.44. The van der Waals surface area contributed by atoms with Crippen LogP contribution in [-0.2, 0) is 0 Å². The molecule has 0 spiro atoms. The molecule has 0 aliphatic rings. The molecule has 0 heterocycles. The lowest BCUT2D eigenvalue weighted by atomic mass is 9.96. The molecule has 2 aromatic rings. The predicted molar refractivity (Wildman–Crippen MR) is 95.9 cm³/mol. The van der Waals surface area contributed by atoms with E-state index in [9.17, 15) is 0 Å². The molecule has 2 heteroatoms. The zero-order valence-electron chi connectivity index (χ0n) is 13.3. The Morgan fingerprint density at radius 3 is 2.10 bits per heavy atom. The number of aryl methyl sites for hydroxylation is 2. The Morgan fingerprint density at radius 1 is 1.00 bits per heavy atom. The van der Waals surface area contributed by atoms with E-state index in [-0.39, 0.29) is 0 Å². The summed E-state index contributed by atoms with van der Waals surface area (Å²) in [6.45, 7) is 8.83. The quantitative estimate of drug-likeness (QED) is 0.673. The van der Waals surface area contributed by atoms with Gasteiger partial charge >= 0.3 is 0 Å². The van der Waals surface area contributed by atoms with Gasteiger partial charge in [0.15, 0.2) is 0 Å². The number of rotatable bonds is 5. The third-order valence-corrected chi connectivity index (χ3v) is 4.94. The molecule has 1 N–H and O–H groups in total. The summed E-state index contributed by atoms with van der Waals surface area (Å²) in [5.74, 6) is 0.653. The third kappa shape index (κ3) is 4.34. The Balaban J connectivity index is 2.27. The molecule has 0 saturated carbocycles. The minimum Gasteiger partial charge on any atom is -0.378 e. The summed E-state index contributed by atoms with van der Waals surface area (Å²) in [5.41, 5.74) is 5.09. The monoisotopic (exact) mass is 345 g/mol. The first kappa shape index (κ1) is 16.1. The summed E-state index contributed by atoms with van der Waals surface area (Å²) in [5, 5.41) is 3.71. The zero-order valence-corrected chi connectivity index (χ0v) is 14.9. The van der Waals surface area contributed by atoms with E-state index in [1.165, 1.54) is 26.9 Å². The number of halogens is 1. The van der Waals surface area contributed by atoms with Gasteiger partial charge in [0, 0.05) is 10.2 Å². The first-order valence-electron chi connectivity index (χ1n) is 7.55. The topological polar surface area (TPSA) is 12.0 Å². The van der Waals surface area contributed by atoms with Crippen LogP contribution in [0.15, 0.2) is 46.9 Å². The standard InChI is InChI=1S/C19H24BrN/c1-13(2)10-18(16-8-6-5-7-9-16)21-17-11-14(3)19(20)15(4)12-17/h5-9,11-13,18,21H,10H2,1-4H3. The molecule has 1 atom stereocenters. The Hall–Kier alpha value is -1.28. The molecule has 0 aliphatic heterocycles. The first-order valence-corrected chi connectivity index (χ1v) is 8.35. The van der Waals surface area contributed by atoms with E-state index in [4.69, 9.17) is 0 Å². The molecule has 1 nitrogen and oxygen atoms in total. The Bertz CT molecular complexity index is 567. The van der Waals surface area contributed by atoms with Crippen LogP contribution >= 0.6 is 15.9 Å². The summed E-state index contributed by atoms with van der Waals surface area (Å²) in [7, 11) is 0. The van der Waals surface area contributed by atoms with Crippen molar-refractivity contribution in [2.75, 3.05) is 5.32 Å². The highest BCUT2D eigenvalue weighted by Gasteiger charge is 2.14. The van der Waals surface area contributed by atoms with Gasteiger partial charge in [0.25, 0.3) is 0 Å². The van der Waals surface area contributed by atoms with Crippen molar-refractivity contribution in [2.24, 2.45) is 5.92 Å². The molecule has 0 aromatic heterocycles. The van der Waals surface area contributed by atoms with Crippen LogP contribution in [-0.4, -0.2) is 0 Å². The van der Waals surface area contributed by atoms with E-state index in [1.807, 2.05) is 0 Å².